The number of aliphatic hydroxyl groups is 1. The van der Waals surface area contributed by atoms with Crippen molar-refractivity contribution in [2.75, 3.05) is 0 Å². The molecule has 0 heterocycles. The molecule has 108 valence electrons. The number of carboxylic acids is 2. The maximum atomic E-state index is 11.7. The molecule has 0 rings (SSSR count). The standard InChI is InChI=1S/C10H16N2O7/c1-4(13)8(10(18)19)12-9(17)6(3-7(15)16)11-5(2)14/h4,6,8,13H,3H2,1-2H3,(H,11,14)(H,12,17)(H,15,16)(H,18,19)/t4-,6+,8+/m1/s1. The number of carbonyl (C=O) groups is 4. The van der Waals surface area contributed by atoms with Crippen molar-refractivity contribution in [3.8, 4) is 0 Å². The molecule has 0 aromatic rings. The number of hydrogen-bond donors (Lipinski definition) is 5. The lowest BCUT2D eigenvalue weighted by molar-refractivity contribution is -0.145. The van der Waals surface area contributed by atoms with Crippen LogP contribution in [0.2, 0.25) is 0 Å². The van der Waals surface area contributed by atoms with Crippen molar-refractivity contribution >= 4 is 23.8 Å². The Hall–Kier alpha value is -2.16. The van der Waals surface area contributed by atoms with Gasteiger partial charge in [-0.3, -0.25) is 14.4 Å². The van der Waals surface area contributed by atoms with Crippen LogP contribution in [-0.2, 0) is 19.2 Å². The van der Waals surface area contributed by atoms with Crippen molar-refractivity contribution in [3.05, 3.63) is 0 Å². The van der Waals surface area contributed by atoms with E-state index < -0.39 is 48.4 Å². The van der Waals surface area contributed by atoms with E-state index in [4.69, 9.17) is 10.2 Å². The Bertz CT molecular complexity index is 364. The van der Waals surface area contributed by atoms with Gasteiger partial charge in [-0.25, -0.2) is 4.79 Å². The zero-order chi connectivity index (χ0) is 15.2. The normalized spacial score (nSPS) is 14.9. The highest BCUT2D eigenvalue weighted by atomic mass is 16.4. The molecule has 0 aliphatic rings. The molecule has 0 saturated carbocycles. The molecule has 0 radical (unpaired) electrons. The minimum Gasteiger partial charge on any atom is -0.481 e. The minimum atomic E-state index is -1.59. The summed E-state index contributed by atoms with van der Waals surface area (Å²) in [5, 5.41) is 30.6. The molecule has 0 unspecified atom stereocenters. The van der Waals surface area contributed by atoms with Gasteiger partial charge in [0.15, 0.2) is 6.04 Å². The van der Waals surface area contributed by atoms with Gasteiger partial charge in [0, 0.05) is 6.92 Å². The van der Waals surface area contributed by atoms with E-state index in [-0.39, 0.29) is 0 Å². The second-order valence-electron chi connectivity index (χ2n) is 3.92. The van der Waals surface area contributed by atoms with E-state index in [1.165, 1.54) is 0 Å². The number of carbonyl (C=O) groups excluding carboxylic acids is 2. The molecule has 0 aliphatic heterocycles. The van der Waals surface area contributed by atoms with E-state index in [0.29, 0.717) is 0 Å². The van der Waals surface area contributed by atoms with Crippen LogP contribution in [0.25, 0.3) is 0 Å². The van der Waals surface area contributed by atoms with E-state index in [1.54, 1.807) is 0 Å². The quantitative estimate of drug-likeness (QED) is 0.357. The Kier molecular flexibility index (Phi) is 6.48. The molecular weight excluding hydrogens is 260 g/mol. The number of carboxylic acid groups (broad SMARTS) is 2. The molecule has 3 atom stereocenters. The lowest BCUT2D eigenvalue weighted by Crippen LogP contribution is -2.55. The van der Waals surface area contributed by atoms with E-state index in [0.717, 1.165) is 13.8 Å². The monoisotopic (exact) mass is 276 g/mol. The number of rotatable bonds is 7. The summed E-state index contributed by atoms with van der Waals surface area (Å²) in [5.74, 6) is -4.44. The van der Waals surface area contributed by atoms with E-state index in [9.17, 15) is 24.3 Å². The van der Waals surface area contributed by atoms with Gasteiger partial charge in [-0.05, 0) is 6.92 Å². The molecule has 0 aromatic heterocycles. The number of hydrogen-bond acceptors (Lipinski definition) is 5. The first kappa shape index (κ1) is 16.8. The maximum absolute atomic E-state index is 11.7. The number of aliphatic carboxylic acids is 2. The summed E-state index contributed by atoms with van der Waals surface area (Å²) in [6, 6.07) is -2.99. The number of nitrogens with one attached hydrogen (secondary N) is 2. The second kappa shape index (κ2) is 7.31. The molecule has 0 saturated heterocycles. The third-order valence-electron chi connectivity index (χ3n) is 2.12. The van der Waals surface area contributed by atoms with Crippen molar-refractivity contribution in [2.45, 2.75) is 38.5 Å². The van der Waals surface area contributed by atoms with Crippen LogP contribution in [0, 0.1) is 0 Å². The SMILES string of the molecule is CC(=O)N[C@@H](CC(=O)O)C(=O)N[C@H](C(=O)O)[C@@H](C)O. The molecule has 5 N–H and O–H groups in total. The molecular formula is C10H16N2O7. The molecule has 0 fully saturated rings. The van der Waals surface area contributed by atoms with Crippen molar-refractivity contribution in [3.63, 3.8) is 0 Å². The molecule has 2 amide bonds. The van der Waals surface area contributed by atoms with Gasteiger partial charge in [-0.2, -0.15) is 0 Å². The Labute approximate surface area is 108 Å². The van der Waals surface area contributed by atoms with Crippen LogP contribution in [0.5, 0.6) is 0 Å². The number of amides is 2. The summed E-state index contributed by atoms with van der Waals surface area (Å²) < 4.78 is 0. The van der Waals surface area contributed by atoms with Gasteiger partial charge in [0.05, 0.1) is 12.5 Å². The maximum Gasteiger partial charge on any atom is 0.328 e. The van der Waals surface area contributed by atoms with E-state index >= 15 is 0 Å². The average molecular weight is 276 g/mol. The lowest BCUT2D eigenvalue weighted by Gasteiger charge is -2.21. The van der Waals surface area contributed by atoms with Gasteiger partial charge in [0.25, 0.3) is 0 Å². The van der Waals surface area contributed by atoms with Crippen LogP contribution in [0.4, 0.5) is 0 Å². The van der Waals surface area contributed by atoms with Gasteiger partial charge < -0.3 is 26.0 Å². The molecule has 0 aromatic carbocycles. The highest BCUT2D eigenvalue weighted by Gasteiger charge is 2.30. The van der Waals surface area contributed by atoms with Gasteiger partial charge in [-0.1, -0.05) is 0 Å². The van der Waals surface area contributed by atoms with Gasteiger partial charge in [0.1, 0.15) is 6.04 Å². The fraction of sp³-hybridized carbons (Fsp3) is 0.600. The van der Waals surface area contributed by atoms with Crippen molar-refractivity contribution in [2.24, 2.45) is 0 Å². The summed E-state index contributed by atoms with van der Waals surface area (Å²) in [6.07, 6.45) is -2.07. The van der Waals surface area contributed by atoms with Gasteiger partial charge in [-0.15, -0.1) is 0 Å². The first-order chi connectivity index (χ1) is 8.65. The van der Waals surface area contributed by atoms with Crippen LogP contribution in [0.1, 0.15) is 20.3 Å². The van der Waals surface area contributed by atoms with Crippen LogP contribution in [0.3, 0.4) is 0 Å². The third-order valence-corrected chi connectivity index (χ3v) is 2.12. The smallest absolute Gasteiger partial charge is 0.328 e. The van der Waals surface area contributed by atoms with Crippen molar-refractivity contribution < 1.29 is 34.5 Å². The molecule has 0 aliphatic carbocycles. The largest absolute Gasteiger partial charge is 0.481 e. The average Bonchev–Trinajstić information content (AvgIpc) is 2.22. The van der Waals surface area contributed by atoms with Crippen LogP contribution < -0.4 is 10.6 Å². The first-order valence-electron chi connectivity index (χ1n) is 5.35. The second-order valence-corrected chi connectivity index (χ2v) is 3.92. The summed E-state index contributed by atoms with van der Waals surface area (Å²) in [7, 11) is 0. The highest BCUT2D eigenvalue weighted by molar-refractivity contribution is 5.92. The van der Waals surface area contributed by atoms with Crippen molar-refractivity contribution in [1.29, 1.82) is 0 Å². The summed E-state index contributed by atoms with van der Waals surface area (Å²) >= 11 is 0. The molecule has 9 heteroatoms. The van der Waals surface area contributed by atoms with E-state index in [2.05, 4.69) is 5.32 Å². The predicted octanol–water partition coefficient (Wildman–Crippen LogP) is -2.08. The Morgan fingerprint density at radius 2 is 1.63 bits per heavy atom. The van der Waals surface area contributed by atoms with Crippen LogP contribution in [-0.4, -0.2) is 57.3 Å². The van der Waals surface area contributed by atoms with Crippen LogP contribution >= 0.6 is 0 Å². The predicted molar refractivity (Wildman–Crippen MR) is 61.1 cm³/mol. The van der Waals surface area contributed by atoms with Crippen LogP contribution in [0.15, 0.2) is 0 Å². The summed E-state index contributed by atoms with van der Waals surface area (Å²) in [5.41, 5.74) is 0. The Morgan fingerprint density at radius 1 is 1.11 bits per heavy atom. The lowest BCUT2D eigenvalue weighted by atomic mass is 10.1. The van der Waals surface area contributed by atoms with Gasteiger partial charge >= 0.3 is 11.9 Å². The fourth-order valence-electron chi connectivity index (χ4n) is 1.27. The molecule has 0 bridgehead atoms. The Morgan fingerprint density at radius 3 is 1.95 bits per heavy atom. The minimum absolute atomic E-state index is 0.634. The molecule has 9 nitrogen and oxygen atoms in total. The molecule has 0 spiro atoms. The van der Waals surface area contributed by atoms with E-state index in [1.807, 2.05) is 5.32 Å². The van der Waals surface area contributed by atoms with Gasteiger partial charge in [0.2, 0.25) is 11.8 Å². The fourth-order valence-corrected chi connectivity index (χ4v) is 1.27. The molecule has 19 heavy (non-hydrogen) atoms. The zero-order valence-electron chi connectivity index (χ0n) is 10.4. The van der Waals surface area contributed by atoms with Crippen molar-refractivity contribution in [1.82, 2.24) is 10.6 Å². The first-order valence-corrected chi connectivity index (χ1v) is 5.35. The highest BCUT2D eigenvalue weighted by Crippen LogP contribution is 1.98. The summed E-state index contributed by atoms with van der Waals surface area (Å²) in [6.45, 7) is 2.25. The number of aliphatic hydroxyl groups excluding tert-OH is 1. The zero-order valence-corrected chi connectivity index (χ0v) is 10.4. The Balaban J connectivity index is 4.83. The summed E-state index contributed by atoms with van der Waals surface area (Å²) in [4.78, 5) is 43.8. The topological polar surface area (TPSA) is 153 Å². The third kappa shape index (κ3) is 6.36.